The van der Waals surface area contributed by atoms with E-state index in [0.29, 0.717) is 0 Å². The molecule has 0 aliphatic carbocycles. The summed E-state index contributed by atoms with van der Waals surface area (Å²) in [5.41, 5.74) is 5.83. The molecule has 2 amide bonds. The van der Waals surface area contributed by atoms with Crippen molar-refractivity contribution in [3.63, 3.8) is 0 Å². The van der Waals surface area contributed by atoms with Crippen LogP contribution in [0.4, 0.5) is 5.69 Å². The molecule has 0 saturated carbocycles. The van der Waals surface area contributed by atoms with Crippen molar-refractivity contribution in [2.75, 3.05) is 32.0 Å². The normalized spacial score (nSPS) is 10.9. The lowest BCUT2D eigenvalue weighted by Gasteiger charge is -2.16. The zero-order valence-electron chi connectivity index (χ0n) is 19.8. The van der Waals surface area contributed by atoms with E-state index in [0.717, 1.165) is 58.8 Å². The van der Waals surface area contributed by atoms with Gasteiger partial charge in [0.1, 0.15) is 11.5 Å². The number of nitrogens with zero attached hydrogens (tertiary/aromatic N) is 2. The van der Waals surface area contributed by atoms with Crippen LogP contribution < -0.4 is 10.6 Å². The second-order valence-electron chi connectivity index (χ2n) is 8.48. The molecule has 2 N–H and O–H groups in total. The SMILES string of the molecule is Cc1cc(C)c(NC(=O)CNC(=O)CN(C)CCCc2cc(-c3ccccc3)no2)c(C)c1. The summed E-state index contributed by atoms with van der Waals surface area (Å²) in [4.78, 5) is 26.4. The molecule has 1 aromatic heterocycles. The van der Waals surface area contributed by atoms with Crippen LogP contribution in [-0.4, -0.2) is 48.6 Å². The number of anilines is 1. The molecule has 0 radical (unpaired) electrons. The Balaban J connectivity index is 1.36. The Hall–Kier alpha value is -3.45. The molecule has 3 rings (SSSR count). The molecule has 33 heavy (non-hydrogen) atoms. The van der Waals surface area contributed by atoms with Crippen LogP contribution in [-0.2, 0) is 16.0 Å². The summed E-state index contributed by atoms with van der Waals surface area (Å²) < 4.78 is 5.43. The monoisotopic (exact) mass is 448 g/mol. The number of hydrogen-bond acceptors (Lipinski definition) is 5. The van der Waals surface area contributed by atoms with Crippen LogP contribution >= 0.6 is 0 Å². The van der Waals surface area contributed by atoms with Crippen molar-refractivity contribution < 1.29 is 14.1 Å². The van der Waals surface area contributed by atoms with Crippen molar-refractivity contribution in [3.05, 3.63) is 71.0 Å². The predicted molar refractivity (Wildman–Crippen MR) is 130 cm³/mol. The first-order valence-electron chi connectivity index (χ1n) is 11.2. The third-order valence-corrected chi connectivity index (χ3v) is 5.39. The quantitative estimate of drug-likeness (QED) is 0.491. The topological polar surface area (TPSA) is 87.5 Å². The van der Waals surface area contributed by atoms with E-state index < -0.39 is 0 Å². The average molecular weight is 449 g/mol. The Kier molecular flexibility index (Phi) is 8.38. The molecule has 0 saturated heterocycles. The van der Waals surface area contributed by atoms with Crippen molar-refractivity contribution in [2.24, 2.45) is 0 Å². The summed E-state index contributed by atoms with van der Waals surface area (Å²) in [6, 6.07) is 15.9. The first kappa shape index (κ1) is 24.2. The summed E-state index contributed by atoms with van der Waals surface area (Å²) in [6.45, 7) is 6.84. The van der Waals surface area contributed by atoms with Crippen LogP contribution in [0.25, 0.3) is 11.3 Å². The Morgan fingerprint density at radius 3 is 2.39 bits per heavy atom. The van der Waals surface area contributed by atoms with Crippen LogP contribution in [0.5, 0.6) is 0 Å². The Bertz CT molecular complexity index is 1070. The number of aryl methyl sites for hydroxylation is 4. The summed E-state index contributed by atoms with van der Waals surface area (Å²) >= 11 is 0. The van der Waals surface area contributed by atoms with Crippen LogP contribution in [0.3, 0.4) is 0 Å². The van der Waals surface area contributed by atoms with E-state index in [1.807, 2.05) is 81.2 Å². The van der Waals surface area contributed by atoms with Gasteiger partial charge in [-0.1, -0.05) is 53.2 Å². The zero-order valence-corrected chi connectivity index (χ0v) is 19.8. The minimum Gasteiger partial charge on any atom is -0.361 e. The number of carbonyl (C=O) groups is 2. The lowest BCUT2D eigenvalue weighted by atomic mass is 10.1. The Morgan fingerprint density at radius 2 is 1.70 bits per heavy atom. The molecule has 7 nitrogen and oxygen atoms in total. The highest BCUT2D eigenvalue weighted by atomic mass is 16.5. The highest BCUT2D eigenvalue weighted by Gasteiger charge is 2.12. The summed E-state index contributed by atoms with van der Waals surface area (Å²) in [5, 5.41) is 9.72. The van der Waals surface area contributed by atoms with Crippen molar-refractivity contribution in [1.82, 2.24) is 15.4 Å². The molecule has 1 heterocycles. The van der Waals surface area contributed by atoms with Crippen molar-refractivity contribution in [3.8, 4) is 11.3 Å². The van der Waals surface area contributed by atoms with Gasteiger partial charge in [0.2, 0.25) is 11.8 Å². The van der Waals surface area contributed by atoms with Gasteiger partial charge in [0.25, 0.3) is 0 Å². The van der Waals surface area contributed by atoms with Crippen LogP contribution in [0, 0.1) is 20.8 Å². The zero-order chi connectivity index (χ0) is 23.8. The van der Waals surface area contributed by atoms with Crippen LogP contribution in [0.1, 0.15) is 28.9 Å². The van der Waals surface area contributed by atoms with Gasteiger partial charge in [0.05, 0.1) is 13.1 Å². The highest BCUT2D eigenvalue weighted by molar-refractivity contribution is 5.96. The molecule has 0 aliphatic heterocycles. The fraction of sp³-hybridized carbons (Fsp3) is 0.346. The number of hydrogen-bond donors (Lipinski definition) is 2. The molecule has 0 fully saturated rings. The average Bonchev–Trinajstić information content (AvgIpc) is 3.24. The smallest absolute Gasteiger partial charge is 0.243 e. The van der Waals surface area contributed by atoms with Crippen molar-refractivity contribution >= 4 is 17.5 Å². The largest absolute Gasteiger partial charge is 0.361 e. The van der Waals surface area contributed by atoms with Gasteiger partial charge in [-0.25, -0.2) is 0 Å². The van der Waals surface area contributed by atoms with E-state index in [4.69, 9.17) is 4.52 Å². The molecule has 0 atom stereocenters. The number of carbonyl (C=O) groups excluding carboxylic acids is 2. The number of aromatic nitrogens is 1. The number of nitrogens with one attached hydrogen (secondary N) is 2. The summed E-state index contributed by atoms with van der Waals surface area (Å²) in [6.07, 6.45) is 1.57. The fourth-order valence-electron chi connectivity index (χ4n) is 3.82. The van der Waals surface area contributed by atoms with E-state index in [9.17, 15) is 9.59 Å². The number of likely N-dealkylation sites (N-methyl/N-ethyl adjacent to an activating group) is 1. The molecular formula is C26H32N4O3. The molecule has 0 spiro atoms. The number of rotatable bonds is 10. The van der Waals surface area contributed by atoms with Gasteiger partial charge in [-0.2, -0.15) is 0 Å². The summed E-state index contributed by atoms with van der Waals surface area (Å²) in [7, 11) is 1.88. The van der Waals surface area contributed by atoms with Gasteiger partial charge in [-0.3, -0.25) is 14.5 Å². The first-order chi connectivity index (χ1) is 15.8. The first-order valence-corrected chi connectivity index (χ1v) is 11.2. The number of amides is 2. The van der Waals surface area contributed by atoms with E-state index >= 15 is 0 Å². The van der Waals surface area contributed by atoms with E-state index in [1.165, 1.54) is 0 Å². The van der Waals surface area contributed by atoms with Crippen LogP contribution in [0.15, 0.2) is 53.1 Å². The lowest BCUT2D eigenvalue weighted by Crippen LogP contribution is -2.39. The van der Waals surface area contributed by atoms with Crippen molar-refractivity contribution in [2.45, 2.75) is 33.6 Å². The number of benzene rings is 2. The predicted octanol–water partition coefficient (Wildman–Crippen LogP) is 3.89. The molecule has 3 aromatic rings. The second-order valence-corrected chi connectivity index (χ2v) is 8.48. The minimum absolute atomic E-state index is 0.0558. The van der Waals surface area contributed by atoms with Gasteiger partial charge >= 0.3 is 0 Å². The Labute approximate surface area is 195 Å². The highest BCUT2D eigenvalue weighted by Crippen LogP contribution is 2.22. The van der Waals surface area contributed by atoms with Gasteiger partial charge < -0.3 is 15.2 Å². The molecule has 0 bridgehead atoms. The molecule has 0 aliphatic rings. The Morgan fingerprint density at radius 1 is 1.00 bits per heavy atom. The third kappa shape index (κ3) is 7.29. The molecule has 2 aromatic carbocycles. The van der Waals surface area contributed by atoms with Crippen molar-refractivity contribution in [1.29, 1.82) is 0 Å². The molecule has 174 valence electrons. The summed E-state index contributed by atoms with van der Waals surface area (Å²) in [5.74, 6) is 0.404. The molecule has 0 unspecified atom stereocenters. The molecular weight excluding hydrogens is 416 g/mol. The maximum atomic E-state index is 12.3. The third-order valence-electron chi connectivity index (χ3n) is 5.39. The lowest BCUT2D eigenvalue weighted by molar-refractivity contribution is -0.124. The minimum atomic E-state index is -0.236. The maximum absolute atomic E-state index is 12.3. The van der Waals surface area contributed by atoms with E-state index in [-0.39, 0.29) is 24.9 Å². The van der Waals surface area contributed by atoms with Gasteiger partial charge in [0, 0.05) is 23.7 Å². The van der Waals surface area contributed by atoms with E-state index in [2.05, 4.69) is 15.8 Å². The fourth-order valence-corrected chi connectivity index (χ4v) is 3.82. The van der Waals surface area contributed by atoms with Crippen LogP contribution in [0.2, 0.25) is 0 Å². The maximum Gasteiger partial charge on any atom is 0.243 e. The van der Waals surface area contributed by atoms with Gasteiger partial charge in [0.15, 0.2) is 0 Å². The van der Waals surface area contributed by atoms with Gasteiger partial charge in [-0.05, 0) is 51.9 Å². The standard InChI is InChI=1S/C26H32N4O3/c1-18-13-19(2)26(20(3)14-18)28-24(31)16-27-25(32)17-30(4)12-8-11-22-15-23(29-33-22)21-9-6-5-7-10-21/h5-7,9-10,13-15H,8,11-12,16-17H2,1-4H3,(H,27,32)(H,28,31). The van der Waals surface area contributed by atoms with Gasteiger partial charge in [-0.15, -0.1) is 0 Å². The van der Waals surface area contributed by atoms with E-state index in [1.54, 1.807) is 0 Å². The molecule has 7 heteroatoms. The second kappa shape index (κ2) is 11.4.